The minimum absolute atomic E-state index is 0.576. The Morgan fingerprint density at radius 3 is 2.80 bits per heavy atom. The van der Waals surface area contributed by atoms with Crippen LogP contribution in [0, 0.1) is 0 Å². The maximum Gasteiger partial charge on any atom is 0.0357 e. The van der Waals surface area contributed by atoms with Gasteiger partial charge in [0, 0.05) is 21.5 Å². The third-order valence-corrected chi connectivity index (χ3v) is 3.89. The smallest absolute Gasteiger partial charge is 0.0357 e. The van der Waals surface area contributed by atoms with E-state index in [1.165, 1.54) is 15.6 Å². The van der Waals surface area contributed by atoms with E-state index in [1.807, 2.05) is 0 Å². The van der Waals surface area contributed by atoms with Crippen LogP contribution in [0.4, 0.5) is 0 Å². The first-order chi connectivity index (χ1) is 7.11. The summed E-state index contributed by atoms with van der Waals surface area (Å²) in [6.45, 7) is 7.57. The van der Waals surface area contributed by atoms with Crippen LogP contribution in [0.2, 0.25) is 0 Å². The van der Waals surface area contributed by atoms with Crippen LogP contribution in [0.25, 0.3) is 5.57 Å². The number of rotatable bonds is 5. The molecule has 0 aliphatic heterocycles. The second-order valence-corrected chi connectivity index (χ2v) is 5.52. The van der Waals surface area contributed by atoms with E-state index < -0.39 is 0 Å². The molecule has 15 heavy (non-hydrogen) atoms. The van der Waals surface area contributed by atoms with E-state index >= 15 is 0 Å². The highest BCUT2D eigenvalue weighted by Gasteiger charge is 2.01. The summed E-state index contributed by atoms with van der Waals surface area (Å²) in [5.74, 6) is 0. The fourth-order valence-corrected chi connectivity index (χ4v) is 3.00. The molecule has 0 saturated heterocycles. The number of halogens is 1. The Morgan fingerprint density at radius 2 is 2.27 bits per heavy atom. The van der Waals surface area contributed by atoms with E-state index in [0.717, 1.165) is 13.0 Å². The average Bonchev–Trinajstić information content (AvgIpc) is 2.58. The Labute approximate surface area is 105 Å². The van der Waals surface area contributed by atoms with Crippen LogP contribution in [0.3, 0.4) is 0 Å². The normalized spacial score (nSPS) is 12.5. The summed E-state index contributed by atoms with van der Waals surface area (Å²) in [7, 11) is 0. The van der Waals surface area contributed by atoms with Crippen LogP contribution in [-0.2, 0) is 0 Å². The number of hydrogen-bond acceptors (Lipinski definition) is 2. The predicted octanol–water partition coefficient (Wildman–Crippen LogP) is 4.30. The zero-order valence-corrected chi connectivity index (χ0v) is 11.9. The molecular weight excluding hydrogens is 270 g/mol. The first-order valence-corrected chi connectivity index (χ1v) is 6.97. The molecule has 84 valence electrons. The molecule has 1 aromatic heterocycles. The quantitative estimate of drug-likeness (QED) is 0.796. The Bertz CT molecular complexity index is 328. The minimum atomic E-state index is 0.576. The van der Waals surface area contributed by atoms with Gasteiger partial charge in [-0.05, 0) is 46.8 Å². The van der Waals surface area contributed by atoms with Gasteiger partial charge in [0.1, 0.15) is 0 Å². The predicted molar refractivity (Wildman–Crippen MR) is 73.4 cm³/mol. The van der Waals surface area contributed by atoms with Gasteiger partial charge in [0.15, 0.2) is 0 Å². The standard InChI is InChI=1S/C12H18BrNS/c1-9(2)14-6-4-5-10(3)11-7-15-8-12(11)13/h5,7-9,14H,4,6H2,1-3H3. The largest absolute Gasteiger partial charge is 0.314 e. The van der Waals surface area contributed by atoms with Crippen LogP contribution in [0.1, 0.15) is 32.8 Å². The molecule has 3 heteroatoms. The van der Waals surface area contributed by atoms with Crippen LogP contribution in [0.15, 0.2) is 21.3 Å². The van der Waals surface area contributed by atoms with Gasteiger partial charge in [-0.15, -0.1) is 0 Å². The summed E-state index contributed by atoms with van der Waals surface area (Å²) in [6.07, 6.45) is 3.38. The average molecular weight is 288 g/mol. The molecule has 0 fully saturated rings. The number of hydrogen-bond donors (Lipinski definition) is 1. The lowest BCUT2D eigenvalue weighted by Crippen LogP contribution is -2.23. The maximum absolute atomic E-state index is 3.55. The number of thiophene rings is 1. The van der Waals surface area contributed by atoms with Crippen molar-refractivity contribution >= 4 is 32.8 Å². The molecule has 1 rings (SSSR count). The van der Waals surface area contributed by atoms with Crippen molar-refractivity contribution in [2.75, 3.05) is 6.54 Å². The van der Waals surface area contributed by atoms with E-state index in [2.05, 4.69) is 58.9 Å². The summed E-state index contributed by atoms with van der Waals surface area (Å²) < 4.78 is 1.21. The summed E-state index contributed by atoms with van der Waals surface area (Å²) in [5, 5.41) is 7.72. The molecule has 0 saturated carbocycles. The van der Waals surface area contributed by atoms with Crippen molar-refractivity contribution in [2.45, 2.75) is 33.2 Å². The molecule has 0 spiro atoms. The van der Waals surface area contributed by atoms with E-state index in [4.69, 9.17) is 0 Å². The maximum atomic E-state index is 3.55. The summed E-state index contributed by atoms with van der Waals surface area (Å²) in [5.41, 5.74) is 2.68. The van der Waals surface area contributed by atoms with E-state index in [-0.39, 0.29) is 0 Å². The van der Waals surface area contributed by atoms with Gasteiger partial charge < -0.3 is 5.32 Å². The Balaban J connectivity index is 2.43. The highest BCUT2D eigenvalue weighted by molar-refractivity contribution is 9.10. The van der Waals surface area contributed by atoms with E-state index in [1.54, 1.807) is 11.3 Å². The first kappa shape index (κ1) is 12.9. The van der Waals surface area contributed by atoms with Crippen LogP contribution < -0.4 is 5.32 Å². The topological polar surface area (TPSA) is 12.0 Å². The van der Waals surface area contributed by atoms with E-state index in [9.17, 15) is 0 Å². The third kappa shape index (κ3) is 4.49. The molecule has 0 bridgehead atoms. The van der Waals surface area contributed by atoms with Crippen LogP contribution in [-0.4, -0.2) is 12.6 Å². The molecular formula is C12H18BrNS. The van der Waals surface area contributed by atoms with Gasteiger partial charge in [0.25, 0.3) is 0 Å². The van der Waals surface area contributed by atoms with Gasteiger partial charge in [-0.25, -0.2) is 0 Å². The van der Waals surface area contributed by atoms with Crippen molar-refractivity contribution in [1.29, 1.82) is 0 Å². The van der Waals surface area contributed by atoms with Crippen molar-refractivity contribution in [3.63, 3.8) is 0 Å². The molecule has 0 atom stereocenters. The second-order valence-electron chi connectivity index (χ2n) is 3.92. The second kappa shape index (κ2) is 6.46. The van der Waals surface area contributed by atoms with Crippen molar-refractivity contribution in [3.05, 3.63) is 26.9 Å². The molecule has 1 aromatic rings. The zero-order chi connectivity index (χ0) is 11.3. The van der Waals surface area contributed by atoms with Crippen LogP contribution in [0.5, 0.6) is 0 Å². The molecule has 0 aliphatic rings. The van der Waals surface area contributed by atoms with E-state index in [0.29, 0.717) is 6.04 Å². The van der Waals surface area contributed by atoms with Gasteiger partial charge in [-0.1, -0.05) is 19.9 Å². The highest BCUT2D eigenvalue weighted by atomic mass is 79.9. The molecule has 0 aromatic carbocycles. The molecule has 1 heterocycles. The minimum Gasteiger partial charge on any atom is -0.314 e. The Hall–Kier alpha value is -0.120. The fraction of sp³-hybridized carbons (Fsp3) is 0.500. The van der Waals surface area contributed by atoms with Crippen molar-refractivity contribution in [1.82, 2.24) is 5.32 Å². The van der Waals surface area contributed by atoms with Crippen molar-refractivity contribution in [2.24, 2.45) is 0 Å². The Morgan fingerprint density at radius 1 is 1.53 bits per heavy atom. The summed E-state index contributed by atoms with van der Waals surface area (Å²) in [6, 6.07) is 0.576. The SMILES string of the molecule is CC(=CCCNC(C)C)c1cscc1Br. The summed E-state index contributed by atoms with van der Waals surface area (Å²) >= 11 is 5.29. The van der Waals surface area contributed by atoms with Gasteiger partial charge in [0.05, 0.1) is 0 Å². The summed E-state index contributed by atoms with van der Waals surface area (Å²) in [4.78, 5) is 0. The molecule has 1 N–H and O–H groups in total. The molecule has 0 amide bonds. The monoisotopic (exact) mass is 287 g/mol. The van der Waals surface area contributed by atoms with Gasteiger partial charge >= 0.3 is 0 Å². The zero-order valence-electron chi connectivity index (χ0n) is 9.51. The number of nitrogens with one attached hydrogen (secondary N) is 1. The lowest BCUT2D eigenvalue weighted by molar-refractivity contribution is 0.595. The fourth-order valence-electron chi connectivity index (χ4n) is 1.33. The Kier molecular flexibility index (Phi) is 5.58. The van der Waals surface area contributed by atoms with Crippen molar-refractivity contribution in [3.8, 4) is 0 Å². The molecule has 0 radical (unpaired) electrons. The van der Waals surface area contributed by atoms with Gasteiger partial charge in [-0.3, -0.25) is 0 Å². The molecule has 0 unspecified atom stereocenters. The van der Waals surface area contributed by atoms with Crippen LogP contribution >= 0.6 is 27.3 Å². The first-order valence-electron chi connectivity index (χ1n) is 5.23. The third-order valence-electron chi connectivity index (χ3n) is 2.19. The van der Waals surface area contributed by atoms with Crippen molar-refractivity contribution < 1.29 is 0 Å². The van der Waals surface area contributed by atoms with Gasteiger partial charge in [-0.2, -0.15) is 11.3 Å². The lowest BCUT2D eigenvalue weighted by atomic mass is 10.1. The van der Waals surface area contributed by atoms with Gasteiger partial charge in [0.2, 0.25) is 0 Å². The molecule has 1 nitrogen and oxygen atoms in total. The highest BCUT2D eigenvalue weighted by Crippen LogP contribution is 2.27. The lowest BCUT2D eigenvalue weighted by Gasteiger charge is -2.06. The number of allylic oxidation sites excluding steroid dienone is 1. The molecule has 0 aliphatic carbocycles.